The zero-order valence-corrected chi connectivity index (χ0v) is 21.7. The predicted molar refractivity (Wildman–Crippen MR) is 137 cm³/mol. The highest BCUT2D eigenvalue weighted by Crippen LogP contribution is 2.29. The first kappa shape index (κ1) is 29.3. The van der Waals surface area contributed by atoms with Crippen LogP contribution in [0, 0.1) is 5.92 Å². The van der Waals surface area contributed by atoms with Crippen LogP contribution in [0.4, 0.5) is 10.5 Å². The van der Waals surface area contributed by atoms with E-state index in [1.807, 2.05) is 30.7 Å². The van der Waals surface area contributed by atoms with Gasteiger partial charge < -0.3 is 25.2 Å². The van der Waals surface area contributed by atoms with Crippen LogP contribution >= 0.6 is 24.8 Å². The van der Waals surface area contributed by atoms with E-state index >= 15 is 0 Å². The molecule has 2 N–H and O–H groups in total. The maximum atomic E-state index is 13.1. The second-order valence-electron chi connectivity index (χ2n) is 8.90. The Morgan fingerprint density at radius 1 is 1.06 bits per heavy atom. The first-order valence-electron chi connectivity index (χ1n) is 11.7. The lowest BCUT2D eigenvalue weighted by molar-refractivity contribution is -0.154. The second-order valence-corrected chi connectivity index (χ2v) is 8.90. The Kier molecular flexibility index (Phi) is 12.3. The van der Waals surface area contributed by atoms with E-state index in [4.69, 9.17) is 10.5 Å². The van der Waals surface area contributed by atoms with Crippen molar-refractivity contribution in [2.75, 3.05) is 38.1 Å². The number of rotatable bonds is 6. The maximum absolute atomic E-state index is 13.1. The van der Waals surface area contributed by atoms with Gasteiger partial charge in [-0.05, 0) is 56.7 Å². The lowest BCUT2D eigenvalue weighted by atomic mass is 9.85. The lowest BCUT2D eigenvalue weighted by Crippen LogP contribution is -2.54. The topological polar surface area (TPSA) is 79.1 Å². The standard InChI is InChI=1S/C24H38N4O3.2ClH/c1-4-18(2)31-23(29)20-7-11-21(12-8-20)26(3)24(30)28-15-13-27(14-16-28)22-9-5-19(17-25)6-10-22;;/h5-6,9-10,18,20-21H,4,7-8,11-17,25H2,1-3H3;2*1H/t18?,20-,21-;;. The van der Waals surface area contributed by atoms with Crippen LogP contribution in [0.25, 0.3) is 0 Å². The van der Waals surface area contributed by atoms with Crippen molar-refractivity contribution in [3.63, 3.8) is 0 Å². The zero-order valence-electron chi connectivity index (χ0n) is 20.1. The Balaban J connectivity index is 0.00000272. The van der Waals surface area contributed by atoms with Gasteiger partial charge in [0, 0.05) is 51.5 Å². The fourth-order valence-electron chi connectivity index (χ4n) is 4.45. The number of ether oxygens (including phenoxy) is 1. The molecular weight excluding hydrogens is 463 g/mol. The fourth-order valence-corrected chi connectivity index (χ4v) is 4.45. The lowest BCUT2D eigenvalue weighted by Gasteiger charge is -2.41. The van der Waals surface area contributed by atoms with Crippen molar-refractivity contribution in [3.8, 4) is 0 Å². The summed E-state index contributed by atoms with van der Waals surface area (Å²) >= 11 is 0. The number of hydrogen-bond donors (Lipinski definition) is 1. The van der Waals surface area contributed by atoms with E-state index < -0.39 is 0 Å². The minimum Gasteiger partial charge on any atom is -0.462 e. The molecule has 3 rings (SSSR count). The van der Waals surface area contributed by atoms with Gasteiger partial charge >= 0.3 is 12.0 Å². The molecule has 9 heteroatoms. The summed E-state index contributed by atoms with van der Waals surface area (Å²) in [7, 11) is 1.91. The van der Waals surface area contributed by atoms with Crippen molar-refractivity contribution in [2.45, 2.75) is 64.6 Å². The summed E-state index contributed by atoms with van der Waals surface area (Å²) in [5.74, 6) is -0.0969. The summed E-state index contributed by atoms with van der Waals surface area (Å²) in [5, 5.41) is 0. The molecule has 1 unspecified atom stereocenters. The molecule has 1 aliphatic heterocycles. The summed E-state index contributed by atoms with van der Waals surface area (Å²) in [5.41, 5.74) is 7.99. The van der Waals surface area contributed by atoms with Crippen molar-refractivity contribution in [1.82, 2.24) is 9.80 Å². The van der Waals surface area contributed by atoms with E-state index in [0.717, 1.165) is 63.8 Å². The molecular formula is C24H40Cl2N4O3. The maximum Gasteiger partial charge on any atom is 0.320 e. The van der Waals surface area contributed by atoms with Crippen LogP contribution in [0.3, 0.4) is 0 Å². The van der Waals surface area contributed by atoms with Crippen LogP contribution < -0.4 is 10.6 Å². The molecule has 1 saturated carbocycles. The predicted octanol–water partition coefficient (Wildman–Crippen LogP) is 4.06. The highest BCUT2D eigenvalue weighted by molar-refractivity contribution is 5.85. The smallest absolute Gasteiger partial charge is 0.320 e. The van der Waals surface area contributed by atoms with Gasteiger partial charge in [-0.2, -0.15) is 0 Å². The molecule has 1 saturated heterocycles. The number of urea groups is 1. The molecule has 1 aliphatic carbocycles. The van der Waals surface area contributed by atoms with E-state index in [0.29, 0.717) is 6.54 Å². The van der Waals surface area contributed by atoms with Gasteiger partial charge in [-0.1, -0.05) is 19.1 Å². The Morgan fingerprint density at radius 2 is 1.64 bits per heavy atom. The summed E-state index contributed by atoms with van der Waals surface area (Å²) in [6, 6.07) is 8.64. The number of anilines is 1. The molecule has 1 aromatic carbocycles. The number of nitrogens with zero attached hydrogens (tertiary/aromatic N) is 3. The van der Waals surface area contributed by atoms with Crippen molar-refractivity contribution >= 4 is 42.5 Å². The second kappa shape index (κ2) is 13.9. The van der Waals surface area contributed by atoms with Crippen LogP contribution in [-0.2, 0) is 16.1 Å². The minimum absolute atomic E-state index is 0. The monoisotopic (exact) mass is 502 g/mol. The highest BCUT2D eigenvalue weighted by Gasteiger charge is 2.33. The fraction of sp³-hybridized carbons (Fsp3) is 0.667. The van der Waals surface area contributed by atoms with E-state index in [1.54, 1.807) is 0 Å². The van der Waals surface area contributed by atoms with E-state index in [9.17, 15) is 9.59 Å². The highest BCUT2D eigenvalue weighted by atomic mass is 35.5. The average molecular weight is 504 g/mol. The van der Waals surface area contributed by atoms with Crippen molar-refractivity contribution in [2.24, 2.45) is 11.7 Å². The molecule has 0 aromatic heterocycles. The number of piperazine rings is 1. The molecule has 2 aliphatic rings. The van der Waals surface area contributed by atoms with Gasteiger partial charge in [0.15, 0.2) is 0 Å². The van der Waals surface area contributed by atoms with Gasteiger partial charge in [0.2, 0.25) is 0 Å². The number of carbonyl (C=O) groups excluding carboxylic acids is 2. The number of hydrogen-bond acceptors (Lipinski definition) is 5. The molecule has 1 aromatic rings. The molecule has 1 atom stereocenters. The van der Waals surface area contributed by atoms with E-state index in [1.165, 1.54) is 5.69 Å². The van der Waals surface area contributed by atoms with Crippen molar-refractivity contribution < 1.29 is 14.3 Å². The molecule has 0 bridgehead atoms. The molecule has 2 fully saturated rings. The Morgan fingerprint density at radius 3 is 2.15 bits per heavy atom. The van der Waals surface area contributed by atoms with Gasteiger partial charge in [0.1, 0.15) is 0 Å². The molecule has 2 amide bonds. The van der Waals surface area contributed by atoms with Gasteiger partial charge in [0.25, 0.3) is 0 Å². The molecule has 33 heavy (non-hydrogen) atoms. The van der Waals surface area contributed by atoms with Crippen molar-refractivity contribution in [3.05, 3.63) is 29.8 Å². The number of amides is 2. The molecule has 188 valence electrons. The Hall–Kier alpha value is -1.70. The molecule has 7 nitrogen and oxygen atoms in total. The van der Waals surface area contributed by atoms with Crippen LogP contribution in [-0.4, -0.2) is 67.2 Å². The van der Waals surface area contributed by atoms with Gasteiger partial charge in [0.05, 0.1) is 12.0 Å². The largest absolute Gasteiger partial charge is 0.462 e. The van der Waals surface area contributed by atoms with Gasteiger partial charge in [-0.25, -0.2) is 4.79 Å². The number of halogens is 2. The Bertz CT molecular complexity index is 734. The van der Waals surface area contributed by atoms with Crippen molar-refractivity contribution in [1.29, 1.82) is 0 Å². The third-order valence-corrected chi connectivity index (χ3v) is 6.86. The van der Waals surface area contributed by atoms with Crippen LogP contribution in [0.15, 0.2) is 24.3 Å². The van der Waals surface area contributed by atoms with Gasteiger partial charge in [-0.15, -0.1) is 24.8 Å². The zero-order chi connectivity index (χ0) is 22.4. The normalized spacial score (nSPS) is 21.3. The first-order chi connectivity index (χ1) is 14.9. The summed E-state index contributed by atoms with van der Waals surface area (Å²) in [4.78, 5) is 31.5. The third-order valence-electron chi connectivity index (χ3n) is 6.86. The Labute approximate surface area is 210 Å². The quantitative estimate of drug-likeness (QED) is 0.593. The number of esters is 1. The van der Waals surface area contributed by atoms with Crippen LogP contribution in [0.2, 0.25) is 0 Å². The molecule has 0 spiro atoms. The average Bonchev–Trinajstić information content (AvgIpc) is 2.83. The minimum atomic E-state index is -0.0719. The number of nitrogens with two attached hydrogens (primary N) is 1. The number of carbonyl (C=O) groups is 2. The molecule has 1 heterocycles. The summed E-state index contributed by atoms with van der Waals surface area (Å²) in [6.45, 7) is 7.61. The third kappa shape index (κ3) is 7.66. The van der Waals surface area contributed by atoms with Gasteiger partial charge in [-0.3, -0.25) is 4.79 Å². The molecule has 0 radical (unpaired) electrons. The van der Waals surface area contributed by atoms with Crippen LogP contribution in [0.1, 0.15) is 51.5 Å². The summed E-state index contributed by atoms with van der Waals surface area (Å²) < 4.78 is 5.50. The van der Waals surface area contributed by atoms with E-state index in [-0.39, 0.29) is 54.9 Å². The first-order valence-corrected chi connectivity index (χ1v) is 11.7. The number of benzene rings is 1. The van der Waals surface area contributed by atoms with Crippen LogP contribution in [0.5, 0.6) is 0 Å². The summed E-state index contributed by atoms with van der Waals surface area (Å²) in [6.07, 6.45) is 4.12. The SMILES string of the molecule is CCC(C)OC(=O)[C@H]1CC[C@H](N(C)C(=O)N2CCN(c3ccc(CN)cc3)CC2)CC1.Cl.Cl. The van der Waals surface area contributed by atoms with E-state index in [2.05, 4.69) is 29.2 Å².